The topological polar surface area (TPSA) is 41.5 Å². The second kappa shape index (κ2) is 9.65. The lowest BCUT2D eigenvalue weighted by atomic mass is 9.72. The summed E-state index contributed by atoms with van der Waals surface area (Å²) in [6.07, 6.45) is 4.86. The molecule has 1 aromatic heterocycles. The molecule has 6 heteroatoms. The summed E-state index contributed by atoms with van der Waals surface area (Å²) in [5, 5.41) is 4.48. The molecule has 0 spiro atoms. The van der Waals surface area contributed by atoms with E-state index in [4.69, 9.17) is 16.6 Å². The fourth-order valence-electron chi connectivity index (χ4n) is 4.04. The van der Waals surface area contributed by atoms with Gasteiger partial charge in [0.05, 0.1) is 5.56 Å². The zero-order chi connectivity index (χ0) is 22.9. The van der Waals surface area contributed by atoms with Crippen LogP contribution in [0.1, 0.15) is 53.6 Å². The van der Waals surface area contributed by atoms with Crippen molar-refractivity contribution < 1.29 is 4.79 Å². The molecule has 1 aliphatic carbocycles. The number of carbonyl (C=O) groups excluding carboxylic acids is 1. The van der Waals surface area contributed by atoms with E-state index in [2.05, 4.69) is 60.8 Å². The number of carbonyl (C=O) groups is 1. The maximum absolute atomic E-state index is 13.4. The van der Waals surface area contributed by atoms with Crippen molar-refractivity contribution in [2.24, 2.45) is 16.3 Å². The number of amides is 1. The molecule has 0 radical (unpaired) electrons. The van der Waals surface area contributed by atoms with Gasteiger partial charge >= 0.3 is 0 Å². The lowest BCUT2D eigenvalue weighted by Crippen LogP contribution is -2.27. The largest absolute Gasteiger partial charge is 0.322 e. The standard InChI is InChI=1S/C26H26ClIN2OS/c1-26(2,3)17-6-13-21-22(14-17)32-25(29-15-16-4-9-19(28)10-5-16)23(21)24(31)30-20-11-7-18(27)8-12-20/h4-5,7-12,15,17H,6,13-14H2,1-3H3,(H,30,31)/t17-/m1/s1. The van der Waals surface area contributed by atoms with Gasteiger partial charge in [-0.2, -0.15) is 0 Å². The third kappa shape index (κ3) is 5.43. The Morgan fingerprint density at radius 1 is 1.16 bits per heavy atom. The number of hydrogen-bond donors (Lipinski definition) is 1. The minimum absolute atomic E-state index is 0.103. The SMILES string of the molecule is CC(C)(C)[C@@H]1CCc2c(sc(N=Cc3ccc(I)cc3)c2C(=O)Nc2ccc(Cl)cc2)C1. The van der Waals surface area contributed by atoms with E-state index >= 15 is 0 Å². The van der Waals surface area contributed by atoms with Crippen LogP contribution in [0.15, 0.2) is 53.5 Å². The Kier molecular flexibility index (Phi) is 7.08. The summed E-state index contributed by atoms with van der Waals surface area (Å²) in [7, 11) is 0. The molecular weight excluding hydrogens is 551 g/mol. The molecule has 3 nitrogen and oxygen atoms in total. The quantitative estimate of drug-likeness (QED) is 0.247. The van der Waals surface area contributed by atoms with Gasteiger partial charge in [0.25, 0.3) is 5.91 Å². The van der Waals surface area contributed by atoms with Crippen molar-refractivity contribution in [3.05, 3.63) is 78.7 Å². The van der Waals surface area contributed by atoms with E-state index in [1.807, 2.05) is 30.5 Å². The smallest absolute Gasteiger partial charge is 0.259 e. The lowest BCUT2D eigenvalue weighted by Gasteiger charge is -2.33. The second-order valence-corrected chi connectivity index (χ2v) is 12.0. The van der Waals surface area contributed by atoms with Crippen LogP contribution in [0.2, 0.25) is 5.02 Å². The molecule has 2 aromatic carbocycles. The van der Waals surface area contributed by atoms with Crippen molar-refractivity contribution in [2.45, 2.75) is 40.0 Å². The Morgan fingerprint density at radius 3 is 2.50 bits per heavy atom. The molecule has 1 atom stereocenters. The fourth-order valence-corrected chi connectivity index (χ4v) is 5.80. The van der Waals surface area contributed by atoms with Gasteiger partial charge in [0.1, 0.15) is 5.00 Å². The van der Waals surface area contributed by atoms with Crippen LogP contribution in [0.25, 0.3) is 0 Å². The Hall–Kier alpha value is -1.70. The van der Waals surface area contributed by atoms with Crippen LogP contribution >= 0.6 is 45.5 Å². The molecule has 32 heavy (non-hydrogen) atoms. The molecule has 166 valence electrons. The van der Waals surface area contributed by atoms with Gasteiger partial charge in [-0.3, -0.25) is 4.79 Å². The highest BCUT2D eigenvalue weighted by Crippen LogP contribution is 2.45. The average Bonchev–Trinajstić information content (AvgIpc) is 3.12. The minimum Gasteiger partial charge on any atom is -0.322 e. The van der Waals surface area contributed by atoms with Gasteiger partial charge in [0.2, 0.25) is 0 Å². The number of halogens is 2. The van der Waals surface area contributed by atoms with Crippen LogP contribution in [0.4, 0.5) is 10.7 Å². The number of thiophene rings is 1. The van der Waals surface area contributed by atoms with Gasteiger partial charge in [-0.25, -0.2) is 4.99 Å². The number of nitrogens with one attached hydrogen (secondary N) is 1. The molecule has 1 N–H and O–H groups in total. The normalized spacial score (nSPS) is 16.2. The second-order valence-electron chi connectivity index (χ2n) is 9.26. The van der Waals surface area contributed by atoms with E-state index in [-0.39, 0.29) is 11.3 Å². The number of hydrogen-bond acceptors (Lipinski definition) is 3. The van der Waals surface area contributed by atoms with Gasteiger partial charge in [-0.15, -0.1) is 11.3 Å². The maximum atomic E-state index is 13.4. The summed E-state index contributed by atoms with van der Waals surface area (Å²) in [4.78, 5) is 19.5. The zero-order valence-corrected chi connectivity index (χ0v) is 22.1. The Morgan fingerprint density at radius 2 is 1.84 bits per heavy atom. The molecule has 1 amide bonds. The van der Waals surface area contributed by atoms with Gasteiger partial charge in [-0.1, -0.05) is 44.5 Å². The molecule has 4 rings (SSSR count). The monoisotopic (exact) mass is 576 g/mol. The molecule has 0 bridgehead atoms. The maximum Gasteiger partial charge on any atom is 0.259 e. The highest BCUT2D eigenvalue weighted by Gasteiger charge is 2.33. The van der Waals surface area contributed by atoms with Crippen LogP contribution in [-0.2, 0) is 12.8 Å². The average molecular weight is 577 g/mol. The first-order chi connectivity index (χ1) is 15.2. The van der Waals surface area contributed by atoms with Crippen molar-refractivity contribution in [3.63, 3.8) is 0 Å². The highest BCUT2D eigenvalue weighted by molar-refractivity contribution is 14.1. The van der Waals surface area contributed by atoms with Crippen molar-refractivity contribution in [3.8, 4) is 0 Å². The van der Waals surface area contributed by atoms with E-state index in [0.717, 1.165) is 41.1 Å². The van der Waals surface area contributed by atoms with Crippen molar-refractivity contribution in [2.75, 3.05) is 5.32 Å². The predicted octanol–water partition coefficient (Wildman–Crippen LogP) is 8.16. The molecule has 1 heterocycles. The molecule has 3 aromatic rings. The molecule has 0 saturated carbocycles. The van der Waals surface area contributed by atoms with Crippen molar-refractivity contribution in [1.82, 2.24) is 0 Å². The van der Waals surface area contributed by atoms with Gasteiger partial charge in [-0.05, 0) is 101 Å². The van der Waals surface area contributed by atoms with E-state index in [0.29, 0.717) is 16.5 Å². The van der Waals surface area contributed by atoms with Crippen LogP contribution in [0, 0.1) is 14.9 Å². The number of aliphatic imine (C=N–C) groups is 1. The number of benzene rings is 2. The number of rotatable bonds is 4. The van der Waals surface area contributed by atoms with Crippen LogP contribution in [0.3, 0.4) is 0 Å². The highest BCUT2D eigenvalue weighted by atomic mass is 127. The van der Waals surface area contributed by atoms with E-state index in [1.54, 1.807) is 23.5 Å². The van der Waals surface area contributed by atoms with E-state index in [9.17, 15) is 4.79 Å². The minimum atomic E-state index is -0.103. The third-order valence-electron chi connectivity index (χ3n) is 6.00. The molecule has 0 saturated heterocycles. The van der Waals surface area contributed by atoms with Crippen LogP contribution < -0.4 is 5.32 Å². The Bertz CT molecular complexity index is 1140. The van der Waals surface area contributed by atoms with Crippen molar-refractivity contribution in [1.29, 1.82) is 0 Å². The van der Waals surface area contributed by atoms with Gasteiger partial charge in [0.15, 0.2) is 0 Å². The van der Waals surface area contributed by atoms with Crippen LogP contribution in [-0.4, -0.2) is 12.1 Å². The lowest BCUT2D eigenvalue weighted by molar-refractivity contribution is 0.102. The first-order valence-electron chi connectivity index (χ1n) is 10.7. The molecule has 1 aliphatic rings. The van der Waals surface area contributed by atoms with Gasteiger partial charge in [0, 0.05) is 25.4 Å². The van der Waals surface area contributed by atoms with E-state index < -0.39 is 0 Å². The van der Waals surface area contributed by atoms with Crippen LogP contribution in [0.5, 0.6) is 0 Å². The molecule has 0 aliphatic heterocycles. The number of fused-ring (bicyclic) bond motifs is 1. The van der Waals surface area contributed by atoms with Crippen molar-refractivity contribution >= 4 is 68.3 Å². The molecule has 0 fully saturated rings. The van der Waals surface area contributed by atoms with E-state index in [1.165, 1.54) is 8.45 Å². The summed E-state index contributed by atoms with van der Waals surface area (Å²) < 4.78 is 1.18. The Balaban J connectivity index is 1.69. The first-order valence-corrected chi connectivity index (χ1v) is 13.0. The Labute approximate surface area is 212 Å². The first kappa shape index (κ1) is 23.5. The summed E-state index contributed by atoms with van der Waals surface area (Å²) in [6, 6.07) is 15.4. The van der Waals surface area contributed by atoms with Gasteiger partial charge < -0.3 is 5.32 Å². The zero-order valence-electron chi connectivity index (χ0n) is 18.4. The summed E-state index contributed by atoms with van der Waals surface area (Å²) in [5.74, 6) is 0.502. The predicted molar refractivity (Wildman–Crippen MR) is 145 cm³/mol. The molecule has 0 unspecified atom stereocenters. The third-order valence-corrected chi connectivity index (χ3v) is 8.13. The summed E-state index contributed by atoms with van der Waals surface area (Å²) >= 11 is 9.95. The fraction of sp³-hybridized carbons (Fsp3) is 0.308. The summed E-state index contributed by atoms with van der Waals surface area (Å²) in [5.41, 5.74) is 3.88. The summed E-state index contributed by atoms with van der Waals surface area (Å²) in [6.45, 7) is 6.92. The molecular formula is C26H26ClIN2OS. The number of nitrogens with zero attached hydrogens (tertiary/aromatic N) is 1. The number of anilines is 1.